The van der Waals surface area contributed by atoms with Gasteiger partial charge >= 0.3 is 0 Å². The molecule has 1 unspecified atom stereocenters. The van der Waals surface area contributed by atoms with E-state index in [4.69, 9.17) is 5.84 Å². The molecule has 2 nitrogen and oxygen atoms in total. The highest BCUT2D eigenvalue weighted by Crippen LogP contribution is 2.25. The van der Waals surface area contributed by atoms with Crippen molar-refractivity contribution >= 4 is 22.6 Å². The van der Waals surface area contributed by atoms with Gasteiger partial charge in [0.05, 0.1) is 0 Å². The maximum atomic E-state index is 5.73. The lowest BCUT2D eigenvalue weighted by Gasteiger charge is -2.19. The van der Waals surface area contributed by atoms with E-state index >= 15 is 0 Å². The van der Waals surface area contributed by atoms with E-state index in [0.717, 1.165) is 12.8 Å². The second-order valence-electron chi connectivity index (χ2n) is 4.72. The third-order valence-corrected chi connectivity index (χ3v) is 4.84. The Morgan fingerprint density at radius 1 is 1.11 bits per heavy atom. The molecule has 3 heteroatoms. The number of hydrazine groups is 1. The van der Waals surface area contributed by atoms with Gasteiger partial charge in [0.25, 0.3) is 0 Å². The van der Waals surface area contributed by atoms with Crippen LogP contribution in [0.2, 0.25) is 0 Å². The number of hydrogen-bond acceptors (Lipinski definition) is 2. The zero-order valence-corrected chi connectivity index (χ0v) is 13.2. The first kappa shape index (κ1) is 14.5. The third-order valence-electron chi connectivity index (χ3n) is 3.36. The zero-order valence-electron chi connectivity index (χ0n) is 11.1. The van der Waals surface area contributed by atoms with E-state index in [1.165, 1.54) is 20.3 Å². The summed E-state index contributed by atoms with van der Waals surface area (Å²) in [5, 5.41) is 0. The molecule has 2 aromatic rings. The lowest BCUT2D eigenvalue weighted by atomic mass is 9.98. The van der Waals surface area contributed by atoms with Gasteiger partial charge in [-0.15, -0.1) is 0 Å². The van der Waals surface area contributed by atoms with Crippen LogP contribution in [-0.2, 0) is 6.42 Å². The van der Waals surface area contributed by atoms with Gasteiger partial charge in [-0.25, -0.2) is 0 Å². The van der Waals surface area contributed by atoms with E-state index in [-0.39, 0.29) is 6.04 Å². The molecule has 0 aromatic heterocycles. The molecule has 0 radical (unpaired) electrons. The van der Waals surface area contributed by atoms with Crippen molar-refractivity contribution in [2.75, 3.05) is 0 Å². The molecule has 0 fully saturated rings. The molecule has 0 aliphatic carbocycles. The minimum Gasteiger partial charge on any atom is -0.271 e. The van der Waals surface area contributed by atoms with Crippen molar-refractivity contribution in [2.24, 2.45) is 5.84 Å². The molecule has 0 bridgehead atoms. The summed E-state index contributed by atoms with van der Waals surface area (Å²) in [6, 6.07) is 17.1. The largest absolute Gasteiger partial charge is 0.271 e. The normalized spacial score (nSPS) is 12.4. The smallest absolute Gasteiger partial charge is 0.0473 e. The van der Waals surface area contributed by atoms with Gasteiger partial charge in [0.15, 0.2) is 0 Å². The summed E-state index contributed by atoms with van der Waals surface area (Å²) in [7, 11) is 0. The van der Waals surface area contributed by atoms with Crippen LogP contribution in [0.4, 0.5) is 0 Å². The number of nitrogens with two attached hydrogens (primary N) is 1. The van der Waals surface area contributed by atoms with E-state index in [1.54, 1.807) is 0 Å². The Labute approximate surface area is 128 Å². The van der Waals surface area contributed by atoms with Gasteiger partial charge in [0.1, 0.15) is 0 Å². The number of rotatable bonds is 5. The molecule has 2 aromatic carbocycles. The lowest BCUT2D eigenvalue weighted by molar-refractivity contribution is 0.514. The summed E-state index contributed by atoms with van der Waals surface area (Å²) < 4.78 is 1.30. The molecule has 19 heavy (non-hydrogen) atoms. The number of aryl methyl sites for hydroxylation is 2. The molecule has 100 valence electrons. The van der Waals surface area contributed by atoms with Crippen LogP contribution in [0.3, 0.4) is 0 Å². The number of halogens is 1. The molecule has 0 spiro atoms. The van der Waals surface area contributed by atoms with Crippen molar-refractivity contribution in [2.45, 2.75) is 25.8 Å². The second kappa shape index (κ2) is 7.03. The Balaban J connectivity index is 2.10. The maximum Gasteiger partial charge on any atom is 0.0473 e. The average molecular weight is 366 g/mol. The number of hydrogen-bond donors (Lipinski definition) is 2. The second-order valence-corrected chi connectivity index (χ2v) is 5.80. The van der Waals surface area contributed by atoms with Gasteiger partial charge in [-0.1, -0.05) is 48.5 Å². The van der Waals surface area contributed by atoms with Crippen LogP contribution in [0.15, 0.2) is 48.5 Å². The van der Waals surface area contributed by atoms with Crippen LogP contribution in [0.1, 0.15) is 29.2 Å². The van der Waals surface area contributed by atoms with E-state index in [2.05, 4.69) is 77.4 Å². The molecular formula is C16H19IN2. The fraction of sp³-hybridized carbons (Fsp3) is 0.250. The minimum absolute atomic E-state index is 0.201. The zero-order chi connectivity index (χ0) is 13.7. The summed E-state index contributed by atoms with van der Waals surface area (Å²) in [5.74, 6) is 5.73. The van der Waals surface area contributed by atoms with Gasteiger partial charge in [-0.05, 0) is 59.0 Å². The molecule has 0 saturated carbocycles. The molecule has 0 aliphatic rings. The summed E-state index contributed by atoms with van der Waals surface area (Å²) in [4.78, 5) is 0. The van der Waals surface area contributed by atoms with E-state index < -0.39 is 0 Å². The van der Waals surface area contributed by atoms with Crippen molar-refractivity contribution in [1.29, 1.82) is 0 Å². The van der Waals surface area contributed by atoms with Gasteiger partial charge < -0.3 is 0 Å². The molecule has 2 rings (SSSR count). The molecule has 1 atom stereocenters. The topological polar surface area (TPSA) is 38.0 Å². The van der Waals surface area contributed by atoms with Crippen molar-refractivity contribution in [3.63, 3.8) is 0 Å². The molecule has 0 aliphatic heterocycles. The van der Waals surface area contributed by atoms with Crippen LogP contribution in [0, 0.1) is 10.5 Å². The van der Waals surface area contributed by atoms with Gasteiger partial charge in [0, 0.05) is 9.61 Å². The summed E-state index contributed by atoms with van der Waals surface area (Å²) >= 11 is 2.40. The molecular weight excluding hydrogens is 347 g/mol. The van der Waals surface area contributed by atoms with E-state index in [1.807, 2.05) is 6.07 Å². The first-order valence-electron chi connectivity index (χ1n) is 6.47. The Bertz CT molecular complexity index is 526. The van der Waals surface area contributed by atoms with Crippen LogP contribution in [0.5, 0.6) is 0 Å². The first-order valence-corrected chi connectivity index (χ1v) is 7.55. The van der Waals surface area contributed by atoms with Gasteiger partial charge in [0.2, 0.25) is 0 Å². The predicted octanol–water partition coefficient (Wildman–Crippen LogP) is 3.74. The quantitative estimate of drug-likeness (QED) is 0.481. The van der Waals surface area contributed by atoms with Crippen LogP contribution in [-0.4, -0.2) is 0 Å². The highest BCUT2D eigenvalue weighted by Gasteiger charge is 2.13. The Morgan fingerprint density at radius 2 is 1.84 bits per heavy atom. The SMILES string of the molecule is Cc1cccc(C(CCc2ccccc2)NN)c1I. The minimum atomic E-state index is 0.201. The Kier molecular flexibility index (Phi) is 5.36. The average Bonchev–Trinajstić information content (AvgIpc) is 2.45. The molecule has 0 amide bonds. The molecule has 0 heterocycles. The number of nitrogens with one attached hydrogen (secondary N) is 1. The van der Waals surface area contributed by atoms with E-state index in [0.29, 0.717) is 0 Å². The lowest BCUT2D eigenvalue weighted by Crippen LogP contribution is -2.29. The monoisotopic (exact) mass is 366 g/mol. The summed E-state index contributed by atoms with van der Waals surface area (Å²) in [6.45, 7) is 2.13. The van der Waals surface area contributed by atoms with Crippen LogP contribution < -0.4 is 11.3 Å². The van der Waals surface area contributed by atoms with Crippen LogP contribution in [0.25, 0.3) is 0 Å². The van der Waals surface area contributed by atoms with E-state index in [9.17, 15) is 0 Å². The number of benzene rings is 2. The fourth-order valence-corrected chi connectivity index (χ4v) is 2.96. The standard InChI is InChI=1S/C16H19IN2/c1-12-6-5-9-14(16(12)17)15(19-18)11-10-13-7-3-2-4-8-13/h2-9,15,19H,10-11,18H2,1H3. The predicted molar refractivity (Wildman–Crippen MR) is 88.7 cm³/mol. The Hall–Kier alpha value is -0.910. The maximum absolute atomic E-state index is 5.73. The van der Waals surface area contributed by atoms with Crippen molar-refractivity contribution in [3.8, 4) is 0 Å². The highest BCUT2D eigenvalue weighted by atomic mass is 127. The van der Waals surface area contributed by atoms with Crippen molar-refractivity contribution < 1.29 is 0 Å². The highest BCUT2D eigenvalue weighted by molar-refractivity contribution is 14.1. The molecule has 3 N–H and O–H groups in total. The van der Waals surface area contributed by atoms with Crippen molar-refractivity contribution in [1.82, 2.24) is 5.43 Å². The summed E-state index contributed by atoms with van der Waals surface area (Å²) in [6.07, 6.45) is 2.03. The molecule has 0 saturated heterocycles. The first-order chi connectivity index (χ1) is 9.22. The fourth-order valence-electron chi connectivity index (χ4n) is 2.22. The van der Waals surface area contributed by atoms with Gasteiger partial charge in [-0.2, -0.15) is 0 Å². The van der Waals surface area contributed by atoms with Crippen molar-refractivity contribution in [3.05, 3.63) is 68.8 Å². The van der Waals surface area contributed by atoms with Gasteiger partial charge in [-0.3, -0.25) is 11.3 Å². The summed E-state index contributed by atoms with van der Waals surface area (Å²) in [5.41, 5.74) is 6.90. The Morgan fingerprint density at radius 3 is 2.53 bits per heavy atom. The third kappa shape index (κ3) is 3.78. The van der Waals surface area contributed by atoms with Crippen LogP contribution >= 0.6 is 22.6 Å².